The Balaban J connectivity index is 1.48. The van der Waals surface area contributed by atoms with Crippen LogP contribution in [0.15, 0.2) is 53.1 Å². The predicted molar refractivity (Wildman–Crippen MR) is 89.8 cm³/mol. The van der Waals surface area contributed by atoms with Crippen molar-refractivity contribution in [2.45, 2.75) is 20.0 Å². The highest BCUT2D eigenvalue weighted by Gasteiger charge is 2.13. The maximum atomic E-state index is 11.5. The first-order valence-electron chi connectivity index (χ1n) is 7.94. The number of carbonyl (C=O) groups excluding carboxylic acids is 1. The van der Waals surface area contributed by atoms with Gasteiger partial charge in [-0.1, -0.05) is 47.6 Å². The van der Waals surface area contributed by atoms with Crippen molar-refractivity contribution in [1.82, 2.24) is 5.16 Å². The Morgan fingerprint density at radius 1 is 1.12 bits per heavy atom. The van der Waals surface area contributed by atoms with Crippen molar-refractivity contribution in [2.24, 2.45) is 0 Å². The molecule has 0 atom stereocenters. The number of hydrogen-bond acceptors (Lipinski definition) is 5. The Kier molecular flexibility index (Phi) is 5.23. The van der Waals surface area contributed by atoms with Gasteiger partial charge in [0.05, 0.1) is 13.2 Å². The van der Waals surface area contributed by atoms with E-state index in [9.17, 15) is 4.79 Å². The highest BCUT2D eigenvalue weighted by molar-refractivity contribution is 5.87. The van der Waals surface area contributed by atoms with E-state index in [1.807, 2.05) is 12.1 Å². The fourth-order valence-electron chi connectivity index (χ4n) is 2.44. The summed E-state index contributed by atoms with van der Waals surface area (Å²) in [4.78, 5) is 11.5. The normalized spacial score (nSPS) is 10.9. The molecule has 0 saturated heterocycles. The average molecular weight is 325 g/mol. The highest BCUT2D eigenvalue weighted by Crippen LogP contribution is 2.16. The van der Waals surface area contributed by atoms with Crippen LogP contribution in [-0.4, -0.2) is 24.3 Å². The Bertz CT molecular complexity index is 825. The van der Waals surface area contributed by atoms with Gasteiger partial charge in [0.2, 0.25) is 0 Å². The maximum Gasteiger partial charge on any atom is 0.360 e. The third-order valence-electron chi connectivity index (χ3n) is 3.64. The van der Waals surface area contributed by atoms with E-state index in [1.165, 1.54) is 16.3 Å². The summed E-state index contributed by atoms with van der Waals surface area (Å²) in [6.45, 7) is 2.89. The SMILES string of the molecule is CCOC(=O)c1cc(COCCc2ccc3ccccc3c2)on1. The molecule has 0 bridgehead atoms. The van der Waals surface area contributed by atoms with Crippen LogP contribution in [0.4, 0.5) is 0 Å². The molecule has 24 heavy (non-hydrogen) atoms. The molecule has 0 spiro atoms. The first kappa shape index (κ1) is 16.2. The number of aromatic nitrogens is 1. The molecule has 1 heterocycles. The molecular weight excluding hydrogens is 306 g/mol. The standard InChI is InChI=1S/C19H19NO4/c1-2-23-19(21)18-12-17(24-20-18)13-22-10-9-14-7-8-15-5-3-4-6-16(15)11-14/h3-8,11-12H,2,9-10,13H2,1H3. The molecule has 0 saturated carbocycles. The molecule has 5 nitrogen and oxygen atoms in total. The number of ether oxygens (including phenoxy) is 2. The lowest BCUT2D eigenvalue weighted by Crippen LogP contribution is -2.04. The zero-order chi connectivity index (χ0) is 16.8. The van der Waals surface area contributed by atoms with E-state index >= 15 is 0 Å². The number of esters is 1. The molecule has 0 N–H and O–H groups in total. The zero-order valence-electron chi connectivity index (χ0n) is 13.5. The third-order valence-corrected chi connectivity index (χ3v) is 3.64. The Labute approximate surface area is 140 Å². The summed E-state index contributed by atoms with van der Waals surface area (Å²) in [5.41, 5.74) is 1.39. The summed E-state index contributed by atoms with van der Waals surface area (Å²) in [5, 5.41) is 6.13. The van der Waals surface area contributed by atoms with Gasteiger partial charge >= 0.3 is 5.97 Å². The van der Waals surface area contributed by atoms with Gasteiger partial charge in [-0.2, -0.15) is 0 Å². The second-order valence-electron chi connectivity index (χ2n) is 5.38. The predicted octanol–water partition coefficient (Wildman–Crippen LogP) is 3.76. The fraction of sp³-hybridized carbons (Fsp3) is 0.263. The summed E-state index contributed by atoms with van der Waals surface area (Å²) in [6, 6.07) is 16.2. The Morgan fingerprint density at radius 2 is 1.96 bits per heavy atom. The third kappa shape index (κ3) is 4.00. The monoisotopic (exact) mass is 325 g/mol. The first-order chi connectivity index (χ1) is 11.8. The summed E-state index contributed by atoms with van der Waals surface area (Å²) in [6.07, 6.45) is 0.809. The molecule has 0 amide bonds. The van der Waals surface area contributed by atoms with Crippen molar-refractivity contribution < 1.29 is 18.8 Å². The van der Waals surface area contributed by atoms with Crippen LogP contribution in [0.1, 0.15) is 28.7 Å². The van der Waals surface area contributed by atoms with Gasteiger partial charge in [0.25, 0.3) is 0 Å². The number of carbonyl (C=O) groups is 1. The number of rotatable bonds is 7. The molecule has 124 valence electrons. The lowest BCUT2D eigenvalue weighted by molar-refractivity contribution is 0.0514. The molecule has 0 radical (unpaired) electrons. The van der Waals surface area contributed by atoms with E-state index in [0.717, 1.165) is 6.42 Å². The molecule has 3 rings (SSSR count). The maximum absolute atomic E-state index is 11.5. The molecule has 3 aromatic rings. The molecule has 0 fully saturated rings. The summed E-state index contributed by atoms with van der Waals surface area (Å²) in [5.74, 6) is 0.0280. The molecule has 0 aliphatic heterocycles. The van der Waals surface area contributed by atoms with Gasteiger partial charge in [0.1, 0.15) is 6.61 Å². The number of hydrogen-bond donors (Lipinski definition) is 0. The van der Waals surface area contributed by atoms with E-state index < -0.39 is 5.97 Å². The van der Waals surface area contributed by atoms with Crippen LogP contribution in [-0.2, 0) is 22.5 Å². The molecule has 0 unspecified atom stereocenters. The lowest BCUT2D eigenvalue weighted by atomic mass is 10.1. The lowest BCUT2D eigenvalue weighted by Gasteiger charge is -2.04. The summed E-state index contributed by atoms with van der Waals surface area (Å²) >= 11 is 0. The molecule has 1 aromatic heterocycles. The second-order valence-corrected chi connectivity index (χ2v) is 5.38. The average Bonchev–Trinajstić information content (AvgIpc) is 3.08. The Morgan fingerprint density at radius 3 is 2.79 bits per heavy atom. The minimum atomic E-state index is -0.483. The van der Waals surface area contributed by atoms with E-state index in [0.29, 0.717) is 19.0 Å². The van der Waals surface area contributed by atoms with Gasteiger partial charge < -0.3 is 14.0 Å². The number of benzene rings is 2. The van der Waals surface area contributed by atoms with E-state index in [4.69, 9.17) is 14.0 Å². The number of fused-ring (bicyclic) bond motifs is 1. The second kappa shape index (κ2) is 7.75. The number of nitrogens with zero attached hydrogens (tertiary/aromatic N) is 1. The van der Waals surface area contributed by atoms with Crippen molar-refractivity contribution in [3.05, 3.63) is 65.5 Å². The van der Waals surface area contributed by atoms with Crippen molar-refractivity contribution in [3.63, 3.8) is 0 Å². The zero-order valence-corrected chi connectivity index (χ0v) is 13.5. The fourth-order valence-corrected chi connectivity index (χ4v) is 2.44. The van der Waals surface area contributed by atoms with E-state index in [2.05, 4.69) is 35.5 Å². The van der Waals surface area contributed by atoms with Gasteiger partial charge in [0, 0.05) is 6.07 Å². The quantitative estimate of drug-likeness (QED) is 0.489. The smallest absolute Gasteiger partial charge is 0.360 e. The molecular formula is C19H19NO4. The van der Waals surface area contributed by atoms with Crippen LogP contribution in [0.2, 0.25) is 0 Å². The molecule has 2 aromatic carbocycles. The molecule has 5 heteroatoms. The van der Waals surface area contributed by atoms with Crippen LogP contribution < -0.4 is 0 Å². The van der Waals surface area contributed by atoms with Crippen molar-refractivity contribution in [2.75, 3.05) is 13.2 Å². The van der Waals surface area contributed by atoms with Gasteiger partial charge in [-0.25, -0.2) is 4.79 Å². The van der Waals surface area contributed by atoms with E-state index in [-0.39, 0.29) is 12.3 Å². The van der Waals surface area contributed by atoms with Crippen molar-refractivity contribution in [3.8, 4) is 0 Å². The van der Waals surface area contributed by atoms with Crippen molar-refractivity contribution >= 4 is 16.7 Å². The van der Waals surface area contributed by atoms with Gasteiger partial charge in [0.15, 0.2) is 11.5 Å². The van der Waals surface area contributed by atoms with Crippen LogP contribution in [0.5, 0.6) is 0 Å². The van der Waals surface area contributed by atoms with Crippen LogP contribution in [0.3, 0.4) is 0 Å². The molecule has 0 aliphatic rings. The van der Waals surface area contributed by atoms with Gasteiger partial charge in [-0.05, 0) is 29.7 Å². The van der Waals surface area contributed by atoms with Crippen molar-refractivity contribution in [1.29, 1.82) is 0 Å². The Hall–Kier alpha value is -2.66. The summed E-state index contributed by atoms with van der Waals surface area (Å²) in [7, 11) is 0. The minimum absolute atomic E-state index is 0.171. The largest absolute Gasteiger partial charge is 0.461 e. The van der Waals surface area contributed by atoms with Gasteiger partial charge in [-0.15, -0.1) is 0 Å². The summed E-state index contributed by atoms with van der Waals surface area (Å²) < 4.78 is 15.5. The highest BCUT2D eigenvalue weighted by atomic mass is 16.5. The van der Waals surface area contributed by atoms with E-state index in [1.54, 1.807) is 13.0 Å². The minimum Gasteiger partial charge on any atom is -0.461 e. The van der Waals surface area contributed by atoms with Crippen LogP contribution in [0.25, 0.3) is 10.8 Å². The van der Waals surface area contributed by atoms with Gasteiger partial charge in [-0.3, -0.25) is 0 Å². The van der Waals surface area contributed by atoms with Crippen LogP contribution in [0, 0.1) is 0 Å². The topological polar surface area (TPSA) is 61.6 Å². The van der Waals surface area contributed by atoms with Crippen LogP contribution >= 0.6 is 0 Å². The molecule has 0 aliphatic carbocycles. The first-order valence-corrected chi connectivity index (χ1v) is 7.94.